The topological polar surface area (TPSA) is 12.0 Å². The molecular formula is C15H23NS. The first kappa shape index (κ1) is 12.8. The van der Waals surface area contributed by atoms with Crippen molar-refractivity contribution in [1.29, 1.82) is 0 Å². The van der Waals surface area contributed by atoms with E-state index in [0.717, 1.165) is 5.25 Å². The smallest absolute Gasteiger partial charge is 0.0385 e. The molecule has 1 aliphatic rings. The van der Waals surface area contributed by atoms with Crippen LogP contribution in [0.15, 0.2) is 24.3 Å². The summed E-state index contributed by atoms with van der Waals surface area (Å²) in [6.07, 6.45) is 2.50. The summed E-state index contributed by atoms with van der Waals surface area (Å²) in [6.45, 7) is 6.86. The molecule has 0 radical (unpaired) electrons. The van der Waals surface area contributed by atoms with E-state index in [4.69, 9.17) is 0 Å². The third-order valence-corrected chi connectivity index (χ3v) is 5.15. The molecule has 1 fully saturated rings. The predicted octanol–water partition coefficient (Wildman–Crippen LogP) is 4.51. The van der Waals surface area contributed by atoms with Crippen molar-refractivity contribution in [2.45, 2.75) is 50.8 Å². The molecule has 1 aliphatic heterocycles. The zero-order chi connectivity index (χ0) is 12.3. The summed E-state index contributed by atoms with van der Waals surface area (Å²) in [5.74, 6) is 1.97. The van der Waals surface area contributed by atoms with Crippen molar-refractivity contribution in [3.8, 4) is 0 Å². The van der Waals surface area contributed by atoms with E-state index in [2.05, 4.69) is 62.1 Å². The average Bonchev–Trinajstić information content (AvgIpc) is 2.75. The molecule has 1 saturated heterocycles. The summed E-state index contributed by atoms with van der Waals surface area (Å²) in [7, 11) is 0. The van der Waals surface area contributed by atoms with Crippen molar-refractivity contribution < 1.29 is 0 Å². The van der Waals surface area contributed by atoms with Gasteiger partial charge in [-0.25, -0.2) is 0 Å². The highest BCUT2D eigenvalue weighted by molar-refractivity contribution is 8.00. The van der Waals surface area contributed by atoms with E-state index in [0.29, 0.717) is 12.0 Å². The molecule has 0 saturated carbocycles. The van der Waals surface area contributed by atoms with E-state index in [1.165, 1.54) is 29.8 Å². The average molecular weight is 249 g/mol. The van der Waals surface area contributed by atoms with Crippen molar-refractivity contribution in [2.75, 3.05) is 11.1 Å². The first-order chi connectivity index (χ1) is 8.20. The summed E-state index contributed by atoms with van der Waals surface area (Å²) in [4.78, 5) is 0. The Morgan fingerprint density at radius 3 is 2.59 bits per heavy atom. The molecule has 0 aromatic heterocycles. The van der Waals surface area contributed by atoms with E-state index < -0.39 is 0 Å². The molecular weight excluding hydrogens is 226 g/mol. The summed E-state index contributed by atoms with van der Waals surface area (Å²) >= 11 is 2.07. The Kier molecular flexibility index (Phi) is 4.38. The summed E-state index contributed by atoms with van der Waals surface area (Å²) in [5.41, 5.74) is 2.73. The Hall–Kier alpha value is -0.630. The van der Waals surface area contributed by atoms with Gasteiger partial charge in [-0.2, -0.15) is 11.8 Å². The van der Waals surface area contributed by atoms with E-state index in [1.807, 2.05) is 0 Å². The third kappa shape index (κ3) is 3.19. The Labute approximate surface area is 109 Å². The number of anilines is 1. The van der Waals surface area contributed by atoms with Crippen LogP contribution in [0.5, 0.6) is 0 Å². The van der Waals surface area contributed by atoms with Gasteiger partial charge in [0.15, 0.2) is 0 Å². The molecule has 1 N–H and O–H groups in total. The van der Waals surface area contributed by atoms with Crippen LogP contribution in [0.3, 0.4) is 0 Å². The number of thioether (sulfide) groups is 1. The van der Waals surface area contributed by atoms with Gasteiger partial charge in [-0.1, -0.05) is 32.9 Å². The molecule has 2 rings (SSSR count). The van der Waals surface area contributed by atoms with Crippen LogP contribution in [-0.4, -0.2) is 17.0 Å². The van der Waals surface area contributed by atoms with Crippen molar-refractivity contribution >= 4 is 17.4 Å². The molecule has 0 aliphatic carbocycles. The summed E-state index contributed by atoms with van der Waals surface area (Å²) in [5, 5.41) is 4.39. The molecule has 94 valence electrons. The van der Waals surface area contributed by atoms with Gasteiger partial charge in [0.25, 0.3) is 0 Å². The van der Waals surface area contributed by atoms with Crippen LogP contribution in [0.25, 0.3) is 0 Å². The van der Waals surface area contributed by atoms with Crippen LogP contribution in [-0.2, 0) is 0 Å². The molecule has 3 atom stereocenters. The lowest BCUT2D eigenvalue weighted by atomic mass is 9.98. The van der Waals surface area contributed by atoms with Crippen LogP contribution < -0.4 is 5.32 Å². The van der Waals surface area contributed by atoms with Crippen molar-refractivity contribution in [3.05, 3.63) is 29.8 Å². The molecule has 2 heteroatoms. The second-order valence-corrected chi connectivity index (χ2v) is 6.53. The first-order valence-corrected chi connectivity index (χ1v) is 7.73. The maximum Gasteiger partial charge on any atom is 0.0385 e. The second-order valence-electron chi connectivity index (χ2n) is 5.05. The molecule has 0 bridgehead atoms. The molecule has 0 amide bonds. The number of hydrogen-bond donors (Lipinski definition) is 1. The molecule has 0 spiro atoms. The SMILES string of the molecule is CCC(C)c1ccc(NC2CCSC2C)cc1. The van der Waals surface area contributed by atoms with E-state index in [1.54, 1.807) is 0 Å². The molecule has 3 unspecified atom stereocenters. The zero-order valence-electron chi connectivity index (χ0n) is 11.1. The predicted molar refractivity (Wildman–Crippen MR) is 79.1 cm³/mol. The Balaban J connectivity index is 1.98. The summed E-state index contributed by atoms with van der Waals surface area (Å²) in [6, 6.07) is 9.65. The van der Waals surface area contributed by atoms with Gasteiger partial charge >= 0.3 is 0 Å². The monoisotopic (exact) mass is 249 g/mol. The van der Waals surface area contributed by atoms with Gasteiger partial charge in [-0.05, 0) is 42.2 Å². The van der Waals surface area contributed by atoms with E-state index in [9.17, 15) is 0 Å². The maximum atomic E-state index is 3.65. The molecule has 1 heterocycles. The molecule has 17 heavy (non-hydrogen) atoms. The van der Waals surface area contributed by atoms with Crippen LogP contribution in [0.2, 0.25) is 0 Å². The minimum absolute atomic E-state index is 0.648. The van der Waals surface area contributed by atoms with Crippen LogP contribution in [0.4, 0.5) is 5.69 Å². The number of hydrogen-bond acceptors (Lipinski definition) is 2. The fourth-order valence-electron chi connectivity index (χ4n) is 2.28. The van der Waals surface area contributed by atoms with Gasteiger partial charge in [0, 0.05) is 17.0 Å². The Bertz CT molecular complexity index is 346. The minimum atomic E-state index is 0.648. The van der Waals surface area contributed by atoms with Crippen LogP contribution in [0, 0.1) is 0 Å². The van der Waals surface area contributed by atoms with Gasteiger partial charge in [-0.3, -0.25) is 0 Å². The van der Waals surface area contributed by atoms with Crippen molar-refractivity contribution in [3.63, 3.8) is 0 Å². The molecule has 1 nitrogen and oxygen atoms in total. The van der Waals surface area contributed by atoms with Crippen molar-refractivity contribution in [1.82, 2.24) is 0 Å². The molecule has 1 aromatic carbocycles. The lowest BCUT2D eigenvalue weighted by Gasteiger charge is -2.18. The van der Waals surface area contributed by atoms with Gasteiger partial charge in [0.1, 0.15) is 0 Å². The van der Waals surface area contributed by atoms with Crippen molar-refractivity contribution in [2.24, 2.45) is 0 Å². The number of rotatable bonds is 4. The Morgan fingerprint density at radius 1 is 1.35 bits per heavy atom. The highest BCUT2D eigenvalue weighted by Gasteiger charge is 2.23. The van der Waals surface area contributed by atoms with Gasteiger partial charge in [0.2, 0.25) is 0 Å². The lowest BCUT2D eigenvalue weighted by molar-refractivity contribution is 0.722. The lowest BCUT2D eigenvalue weighted by Crippen LogP contribution is -2.24. The van der Waals surface area contributed by atoms with Gasteiger partial charge in [0.05, 0.1) is 0 Å². The van der Waals surface area contributed by atoms with Gasteiger partial charge in [-0.15, -0.1) is 0 Å². The third-order valence-electron chi connectivity index (χ3n) is 3.82. The fourth-order valence-corrected chi connectivity index (χ4v) is 3.48. The first-order valence-electron chi connectivity index (χ1n) is 6.68. The Morgan fingerprint density at radius 2 is 2.06 bits per heavy atom. The maximum absolute atomic E-state index is 3.65. The fraction of sp³-hybridized carbons (Fsp3) is 0.600. The quantitative estimate of drug-likeness (QED) is 0.843. The van der Waals surface area contributed by atoms with E-state index in [-0.39, 0.29) is 0 Å². The van der Waals surface area contributed by atoms with E-state index >= 15 is 0 Å². The van der Waals surface area contributed by atoms with Crippen LogP contribution in [0.1, 0.15) is 45.1 Å². The van der Waals surface area contributed by atoms with Crippen LogP contribution >= 0.6 is 11.8 Å². The van der Waals surface area contributed by atoms with Gasteiger partial charge < -0.3 is 5.32 Å². The second kappa shape index (κ2) is 5.81. The standard InChI is InChI=1S/C15H23NS/c1-4-11(2)13-5-7-14(8-6-13)16-15-9-10-17-12(15)3/h5-8,11-12,15-16H,4,9-10H2,1-3H3. The number of benzene rings is 1. The summed E-state index contributed by atoms with van der Waals surface area (Å²) < 4.78 is 0. The number of nitrogens with one attached hydrogen (secondary N) is 1. The normalized spacial score (nSPS) is 25.8. The minimum Gasteiger partial charge on any atom is -0.381 e. The highest BCUT2D eigenvalue weighted by Crippen LogP contribution is 2.29. The zero-order valence-corrected chi connectivity index (χ0v) is 11.9. The largest absolute Gasteiger partial charge is 0.381 e. The highest BCUT2D eigenvalue weighted by atomic mass is 32.2. The molecule has 1 aromatic rings.